The van der Waals surface area contributed by atoms with Crippen molar-refractivity contribution >= 4 is 11.7 Å². The molecule has 0 saturated heterocycles. The normalized spacial score (nSPS) is 42.8. The fourth-order valence-corrected chi connectivity index (χ4v) is 10.2. The molecule has 0 radical (unpaired) electrons. The first-order valence-corrected chi connectivity index (χ1v) is 16.6. The maximum atomic E-state index is 13.1. The van der Waals surface area contributed by atoms with Crippen molar-refractivity contribution in [3.63, 3.8) is 0 Å². The first-order chi connectivity index (χ1) is 19.8. The Morgan fingerprint density at radius 3 is 2.43 bits per heavy atom. The Morgan fingerprint density at radius 1 is 1.00 bits per heavy atom. The molecule has 12 atom stereocenters. The van der Waals surface area contributed by atoms with Gasteiger partial charge in [-0.3, -0.25) is 9.59 Å². The van der Waals surface area contributed by atoms with Crippen LogP contribution in [0.2, 0.25) is 0 Å². The number of hydrogen-bond acceptors (Lipinski definition) is 7. The number of nitrogens with zero attached hydrogens (tertiary/aromatic N) is 2. The minimum atomic E-state index is -0.576. The molecule has 4 fully saturated rings. The summed E-state index contributed by atoms with van der Waals surface area (Å²) < 4.78 is 0. The SMILES string of the molecule is C#CCCC(=O)C(CCC1(C)N=N1)NC(=O)CCC(C)C1CCC2C3C(O)CC4CC(O)CCC4(C)C3CC(O)C12C. The molecular formula is C34H53N3O5. The molecule has 8 heteroatoms. The number of aliphatic hydroxyl groups is 3. The topological polar surface area (TPSA) is 132 Å². The van der Waals surface area contributed by atoms with Crippen LogP contribution >= 0.6 is 0 Å². The van der Waals surface area contributed by atoms with E-state index in [1.807, 2.05) is 6.92 Å². The lowest BCUT2D eigenvalue weighted by atomic mass is 9.43. The minimum absolute atomic E-state index is 0.0425. The molecule has 5 aliphatic rings. The van der Waals surface area contributed by atoms with Crippen LogP contribution in [0, 0.1) is 58.7 Å². The van der Waals surface area contributed by atoms with Crippen LogP contribution in [0.3, 0.4) is 0 Å². The van der Waals surface area contributed by atoms with Crippen molar-refractivity contribution in [2.75, 3.05) is 0 Å². The molecule has 1 aliphatic heterocycles. The Hall–Kier alpha value is -1.82. The molecule has 4 saturated carbocycles. The average Bonchev–Trinajstić information content (AvgIpc) is 3.57. The molecule has 234 valence electrons. The van der Waals surface area contributed by atoms with Gasteiger partial charge < -0.3 is 20.6 Å². The zero-order valence-corrected chi connectivity index (χ0v) is 26.1. The number of amides is 1. The third-order valence-electron chi connectivity index (χ3n) is 12.9. The zero-order valence-electron chi connectivity index (χ0n) is 26.1. The Bertz CT molecular complexity index is 1100. The number of nitrogens with one attached hydrogen (secondary N) is 1. The Morgan fingerprint density at radius 2 is 1.74 bits per heavy atom. The van der Waals surface area contributed by atoms with Crippen LogP contribution in [0.1, 0.15) is 111 Å². The molecule has 0 aromatic carbocycles. The van der Waals surface area contributed by atoms with E-state index in [0.717, 1.165) is 38.5 Å². The molecule has 12 unspecified atom stereocenters. The van der Waals surface area contributed by atoms with Crippen molar-refractivity contribution in [2.24, 2.45) is 56.6 Å². The van der Waals surface area contributed by atoms with Gasteiger partial charge in [0, 0.05) is 19.3 Å². The fraction of sp³-hybridized carbons (Fsp3) is 0.882. The smallest absolute Gasteiger partial charge is 0.220 e. The van der Waals surface area contributed by atoms with E-state index in [2.05, 4.69) is 42.2 Å². The van der Waals surface area contributed by atoms with E-state index in [1.54, 1.807) is 0 Å². The number of aliphatic hydroxyl groups excluding tert-OH is 3. The number of terminal acetylenes is 1. The highest BCUT2D eigenvalue weighted by Gasteiger charge is 2.65. The molecule has 1 amide bonds. The molecule has 0 bridgehead atoms. The van der Waals surface area contributed by atoms with Crippen LogP contribution in [0.25, 0.3) is 0 Å². The van der Waals surface area contributed by atoms with Gasteiger partial charge in [0.25, 0.3) is 0 Å². The summed E-state index contributed by atoms with van der Waals surface area (Å²) in [6.45, 7) is 8.72. The van der Waals surface area contributed by atoms with Gasteiger partial charge in [-0.15, -0.1) is 12.3 Å². The van der Waals surface area contributed by atoms with Crippen LogP contribution in [0.4, 0.5) is 0 Å². The molecule has 4 aliphatic carbocycles. The van der Waals surface area contributed by atoms with Crippen LogP contribution in [-0.4, -0.2) is 57.0 Å². The first kappa shape index (κ1) is 31.6. The predicted octanol–water partition coefficient (Wildman–Crippen LogP) is 4.79. The van der Waals surface area contributed by atoms with Crippen molar-refractivity contribution in [2.45, 2.75) is 141 Å². The predicted molar refractivity (Wildman–Crippen MR) is 160 cm³/mol. The lowest BCUT2D eigenvalue weighted by molar-refractivity contribution is -0.207. The van der Waals surface area contributed by atoms with Crippen LogP contribution < -0.4 is 5.32 Å². The molecule has 5 rings (SSSR count). The highest BCUT2D eigenvalue weighted by molar-refractivity contribution is 5.89. The third kappa shape index (κ3) is 5.83. The number of Topliss-reactive ketones (excluding diaryl/α,β-unsaturated/α-hetero) is 1. The lowest BCUT2D eigenvalue weighted by Gasteiger charge is -2.63. The third-order valence-corrected chi connectivity index (χ3v) is 12.9. The van der Waals surface area contributed by atoms with Crippen molar-refractivity contribution in [3.05, 3.63) is 0 Å². The van der Waals surface area contributed by atoms with E-state index in [9.17, 15) is 24.9 Å². The number of hydrogen-bond donors (Lipinski definition) is 4. The zero-order chi connectivity index (χ0) is 30.4. The van der Waals surface area contributed by atoms with Crippen molar-refractivity contribution in [1.29, 1.82) is 0 Å². The molecule has 4 N–H and O–H groups in total. The Labute approximate surface area is 251 Å². The highest BCUT2D eigenvalue weighted by atomic mass is 16.3. The largest absolute Gasteiger partial charge is 0.393 e. The summed E-state index contributed by atoms with van der Waals surface area (Å²) in [6.07, 6.45) is 13.0. The number of rotatable bonds is 11. The maximum absolute atomic E-state index is 13.1. The summed E-state index contributed by atoms with van der Waals surface area (Å²) >= 11 is 0. The molecule has 1 heterocycles. The van der Waals surface area contributed by atoms with E-state index in [-0.39, 0.29) is 64.6 Å². The molecule has 42 heavy (non-hydrogen) atoms. The molecule has 0 aromatic rings. The van der Waals surface area contributed by atoms with Gasteiger partial charge >= 0.3 is 0 Å². The van der Waals surface area contributed by atoms with E-state index >= 15 is 0 Å². The van der Waals surface area contributed by atoms with Crippen LogP contribution in [-0.2, 0) is 9.59 Å². The summed E-state index contributed by atoms with van der Waals surface area (Å²) in [5.41, 5.74) is -0.670. The van der Waals surface area contributed by atoms with Gasteiger partial charge in [-0.05, 0) is 117 Å². The number of ketones is 1. The van der Waals surface area contributed by atoms with Crippen LogP contribution in [0.5, 0.6) is 0 Å². The maximum Gasteiger partial charge on any atom is 0.220 e. The van der Waals surface area contributed by atoms with Gasteiger partial charge in [-0.2, -0.15) is 10.2 Å². The highest BCUT2D eigenvalue weighted by Crippen LogP contribution is 2.68. The van der Waals surface area contributed by atoms with Gasteiger partial charge in [0.05, 0.1) is 24.4 Å². The second kappa shape index (κ2) is 11.9. The first-order valence-electron chi connectivity index (χ1n) is 16.6. The molecule has 0 aromatic heterocycles. The van der Waals surface area contributed by atoms with E-state index in [0.29, 0.717) is 44.4 Å². The minimum Gasteiger partial charge on any atom is -0.393 e. The average molecular weight is 584 g/mol. The monoisotopic (exact) mass is 583 g/mol. The summed E-state index contributed by atoms with van der Waals surface area (Å²) in [5, 5.41) is 44.7. The van der Waals surface area contributed by atoms with Crippen molar-refractivity contribution < 1.29 is 24.9 Å². The van der Waals surface area contributed by atoms with Crippen molar-refractivity contribution in [1.82, 2.24) is 5.32 Å². The number of fused-ring (bicyclic) bond motifs is 5. The molecule has 0 spiro atoms. The van der Waals surface area contributed by atoms with Gasteiger partial charge in [0.2, 0.25) is 5.91 Å². The summed E-state index contributed by atoms with van der Waals surface area (Å²) in [4.78, 5) is 25.9. The lowest BCUT2D eigenvalue weighted by Crippen LogP contribution is -2.62. The molecular weight excluding hydrogens is 530 g/mol. The van der Waals surface area contributed by atoms with Gasteiger partial charge in [-0.25, -0.2) is 0 Å². The number of carbonyl (C=O) groups excluding carboxylic acids is 2. The van der Waals surface area contributed by atoms with E-state index in [4.69, 9.17) is 6.42 Å². The van der Waals surface area contributed by atoms with E-state index < -0.39 is 23.9 Å². The Kier molecular flexibility index (Phi) is 8.98. The summed E-state index contributed by atoms with van der Waals surface area (Å²) in [7, 11) is 0. The van der Waals surface area contributed by atoms with Crippen molar-refractivity contribution in [3.8, 4) is 12.3 Å². The van der Waals surface area contributed by atoms with E-state index in [1.165, 1.54) is 0 Å². The summed E-state index contributed by atoms with van der Waals surface area (Å²) in [5.74, 6) is 3.85. The summed E-state index contributed by atoms with van der Waals surface area (Å²) in [6, 6.07) is -0.576. The second-order valence-corrected chi connectivity index (χ2v) is 15.3. The molecule has 8 nitrogen and oxygen atoms in total. The fourth-order valence-electron chi connectivity index (χ4n) is 10.2. The van der Waals surface area contributed by atoms with Crippen LogP contribution in [0.15, 0.2) is 10.2 Å². The quantitative estimate of drug-likeness (QED) is 0.260. The van der Waals surface area contributed by atoms with Gasteiger partial charge in [0.1, 0.15) is 0 Å². The number of carbonyl (C=O) groups is 2. The van der Waals surface area contributed by atoms with Gasteiger partial charge in [-0.1, -0.05) is 20.8 Å². The second-order valence-electron chi connectivity index (χ2n) is 15.3. The van der Waals surface area contributed by atoms with Gasteiger partial charge in [0.15, 0.2) is 11.4 Å². The Balaban J connectivity index is 1.21. The standard InChI is InChI=1S/C34H53N3O5/c1-6-7-8-27(39)26(14-16-33(4)36-37-33)35-30(42)12-9-20(2)23-10-11-24-31-25(19-29(41)34(23,24)5)32(3)15-13-22(38)17-21(32)18-28(31)40/h1,20-26,28-29,31,38,40-41H,7-19H2,2-5H3,(H,35,42).